The Morgan fingerprint density at radius 3 is 2.15 bits per heavy atom. The molecule has 0 spiro atoms. The van der Waals surface area contributed by atoms with E-state index in [1.165, 1.54) is 6.07 Å². The first-order chi connectivity index (χ1) is 5.75. The average molecular weight is 209 g/mol. The first kappa shape index (κ1) is 10.5. The van der Waals surface area contributed by atoms with Crippen LogP contribution in [0.15, 0.2) is 12.1 Å². The van der Waals surface area contributed by atoms with Crippen LogP contribution >= 0.6 is 11.3 Å². The van der Waals surface area contributed by atoms with Crippen LogP contribution < -0.4 is 5.73 Å². The summed E-state index contributed by atoms with van der Waals surface area (Å²) in [5, 5.41) is 0. The molecule has 0 saturated heterocycles. The van der Waals surface area contributed by atoms with Crippen LogP contribution in [0.2, 0.25) is 0 Å². The Kier molecular flexibility index (Phi) is 2.42. The Morgan fingerprint density at radius 1 is 1.31 bits per heavy atom. The van der Waals surface area contributed by atoms with Gasteiger partial charge in [-0.05, 0) is 26.0 Å². The fourth-order valence-corrected chi connectivity index (χ4v) is 1.80. The summed E-state index contributed by atoms with van der Waals surface area (Å²) in [6.45, 7) is 2.74. The minimum atomic E-state index is -4.40. The Balaban J connectivity index is 3.07. The van der Waals surface area contributed by atoms with Crippen molar-refractivity contribution < 1.29 is 13.2 Å². The third-order valence-corrected chi connectivity index (χ3v) is 3.08. The fraction of sp³-hybridized carbons (Fsp3) is 0.500. The molecule has 1 rings (SSSR count). The minimum Gasteiger partial charge on any atom is -0.313 e. The van der Waals surface area contributed by atoms with Crippen molar-refractivity contribution in [2.75, 3.05) is 0 Å². The third kappa shape index (κ3) is 1.86. The van der Waals surface area contributed by atoms with Crippen LogP contribution in [0.1, 0.15) is 16.7 Å². The standard InChI is InChI=1S/C8H10F3NS/c1-5-3-4-6(13-5)7(2,12)8(9,10)11/h3-4H,12H2,1-2H3/t7-/m0/s1. The molecule has 0 amide bonds. The molecule has 1 atom stereocenters. The molecule has 0 aliphatic heterocycles. The van der Waals surface area contributed by atoms with Gasteiger partial charge in [-0.3, -0.25) is 0 Å². The molecular weight excluding hydrogens is 199 g/mol. The Hall–Kier alpha value is -0.550. The molecule has 74 valence electrons. The first-order valence-corrected chi connectivity index (χ1v) is 4.49. The number of aryl methyl sites for hydroxylation is 1. The minimum absolute atomic E-state index is 0.150. The SMILES string of the molecule is Cc1ccc([C@](C)(N)C(F)(F)F)s1. The molecule has 13 heavy (non-hydrogen) atoms. The molecule has 0 bridgehead atoms. The van der Waals surface area contributed by atoms with Crippen molar-refractivity contribution in [3.8, 4) is 0 Å². The maximum atomic E-state index is 12.4. The van der Waals surface area contributed by atoms with Crippen LogP contribution in [-0.2, 0) is 5.54 Å². The number of alkyl halides is 3. The van der Waals surface area contributed by atoms with E-state index >= 15 is 0 Å². The van der Waals surface area contributed by atoms with Crippen molar-refractivity contribution in [3.63, 3.8) is 0 Å². The molecule has 0 aromatic carbocycles. The van der Waals surface area contributed by atoms with E-state index in [-0.39, 0.29) is 4.88 Å². The van der Waals surface area contributed by atoms with Gasteiger partial charge in [-0.1, -0.05) is 0 Å². The second kappa shape index (κ2) is 2.99. The molecular formula is C8H10F3NS. The van der Waals surface area contributed by atoms with Gasteiger partial charge < -0.3 is 5.73 Å². The first-order valence-electron chi connectivity index (χ1n) is 3.67. The molecule has 1 aromatic rings. The van der Waals surface area contributed by atoms with Crippen molar-refractivity contribution in [3.05, 3.63) is 21.9 Å². The van der Waals surface area contributed by atoms with Crippen LogP contribution in [0.5, 0.6) is 0 Å². The summed E-state index contributed by atoms with van der Waals surface area (Å²) < 4.78 is 37.2. The highest BCUT2D eigenvalue weighted by atomic mass is 32.1. The van der Waals surface area contributed by atoms with Crippen LogP contribution in [0.3, 0.4) is 0 Å². The van der Waals surface area contributed by atoms with E-state index < -0.39 is 11.7 Å². The normalized spacial score (nSPS) is 17.1. The van der Waals surface area contributed by atoms with Crippen molar-refractivity contribution in [2.24, 2.45) is 5.73 Å². The van der Waals surface area contributed by atoms with E-state index in [2.05, 4.69) is 0 Å². The van der Waals surface area contributed by atoms with E-state index in [1.54, 1.807) is 13.0 Å². The summed E-state index contributed by atoms with van der Waals surface area (Å²) >= 11 is 1.08. The number of nitrogens with two attached hydrogens (primary N) is 1. The molecule has 5 heteroatoms. The van der Waals surface area contributed by atoms with Gasteiger partial charge in [0.1, 0.15) is 5.54 Å². The van der Waals surface area contributed by atoms with Crippen molar-refractivity contribution >= 4 is 11.3 Å². The highest BCUT2D eigenvalue weighted by molar-refractivity contribution is 7.12. The summed E-state index contributed by atoms with van der Waals surface area (Å²) in [5.41, 5.74) is 2.98. The van der Waals surface area contributed by atoms with Gasteiger partial charge in [0.25, 0.3) is 0 Å². The molecule has 1 heterocycles. The highest BCUT2D eigenvalue weighted by Gasteiger charge is 2.50. The molecule has 0 unspecified atom stereocenters. The second-order valence-corrected chi connectivity index (χ2v) is 4.40. The van der Waals surface area contributed by atoms with Crippen molar-refractivity contribution in [2.45, 2.75) is 25.6 Å². The second-order valence-electron chi connectivity index (χ2n) is 3.11. The molecule has 0 aliphatic rings. The largest absolute Gasteiger partial charge is 0.411 e. The summed E-state index contributed by atoms with van der Waals surface area (Å²) in [6.07, 6.45) is -4.40. The summed E-state index contributed by atoms with van der Waals surface area (Å²) in [6, 6.07) is 3.06. The number of halogens is 3. The Bertz CT molecular complexity index is 301. The molecule has 2 N–H and O–H groups in total. The van der Waals surface area contributed by atoms with Crippen LogP contribution in [-0.4, -0.2) is 6.18 Å². The predicted octanol–water partition coefficient (Wildman–Crippen LogP) is 2.79. The third-order valence-electron chi connectivity index (χ3n) is 1.84. The maximum absolute atomic E-state index is 12.4. The van der Waals surface area contributed by atoms with Crippen molar-refractivity contribution in [1.29, 1.82) is 0 Å². The van der Waals surface area contributed by atoms with Gasteiger partial charge >= 0.3 is 6.18 Å². The number of hydrogen-bond acceptors (Lipinski definition) is 2. The van der Waals surface area contributed by atoms with E-state index in [0.717, 1.165) is 23.1 Å². The molecule has 0 saturated carbocycles. The monoisotopic (exact) mass is 209 g/mol. The lowest BCUT2D eigenvalue weighted by molar-refractivity contribution is -0.183. The van der Waals surface area contributed by atoms with Gasteiger partial charge in [0.05, 0.1) is 0 Å². The predicted molar refractivity (Wildman–Crippen MR) is 46.7 cm³/mol. The molecule has 0 radical (unpaired) electrons. The molecule has 1 nitrogen and oxygen atoms in total. The molecule has 0 aliphatic carbocycles. The molecule has 0 fully saturated rings. The summed E-state index contributed by atoms with van der Waals surface area (Å²) in [7, 11) is 0. The Labute approximate surface area is 78.4 Å². The maximum Gasteiger partial charge on any atom is 0.411 e. The van der Waals surface area contributed by atoms with Gasteiger partial charge in [-0.25, -0.2) is 0 Å². The number of hydrogen-bond donors (Lipinski definition) is 1. The summed E-state index contributed by atoms with van der Waals surface area (Å²) in [5.74, 6) is 0. The number of thiophene rings is 1. The van der Waals surface area contributed by atoms with Crippen molar-refractivity contribution in [1.82, 2.24) is 0 Å². The van der Waals surface area contributed by atoms with E-state index in [1.807, 2.05) is 0 Å². The van der Waals surface area contributed by atoms with Gasteiger partial charge in [-0.2, -0.15) is 13.2 Å². The molecule has 1 aromatic heterocycles. The van der Waals surface area contributed by atoms with Crippen LogP contribution in [0.4, 0.5) is 13.2 Å². The van der Waals surface area contributed by atoms with Gasteiger partial charge in [0, 0.05) is 9.75 Å². The lowest BCUT2D eigenvalue weighted by Gasteiger charge is -2.26. The highest BCUT2D eigenvalue weighted by Crippen LogP contribution is 2.39. The lowest BCUT2D eigenvalue weighted by Crippen LogP contribution is -2.46. The Morgan fingerprint density at radius 2 is 1.85 bits per heavy atom. The topological polar surface area (TPSA) is 26.0 Å². The average Bonchev–Trinajstić information content (AvgIpc) is 2.33. The fourth-order valence-electron chi connectivity index (χ4n) is 0.853. The number of rotatable bonds is 1. The smallest absolute Gasteiger partial charge is 0.313 e. The van der Waals surface area contributed by atoms with E-state index in [0.29, 0.717) is 0 Å². The zero-order valence-corrected chi connectivity index (χ0v) is 8.09. The quantitative estimate of drug-likeness (QED) is 0.756. The summed E-state index contributed by atoms with van der Waals surface area (Å²) in [4.78, 5) is 0.980. The van der Waals surface area contributed by atoms with Gasteiger partial charge in [0.2, 0.25) is 0 Å². The van der Waals surface area contributed by atoms with E-state index in [4.69, 9.17) is 5.73 Å². The van der Waals surface area contributed by atoms with Gasteiger partial charge in [0.15, 0.2) is 0 Å². The van der Waals surface area contributed by atoms with Crippen LogP contribution in [0.25, 0.3) is 0 Å². The van der Waals surface area contributed by atoms with Gasteiger partial charge in [-0.15, -0.1) is 11.3 Å². The van der Waals surface area contributed by atoms with E-state index in [9.17, 15) is 13.2 Å². The zero-order valence-electron chi connectivity index (χ0n) is 7.27. The van der Waals surface area contributed by atoms with Crippen LogP contribution in [0, 0.1) is 6.92 Å². The lowest BCUT2D eigenvalue weighted by atomic mass is 10.0. The zero-order chi connectivity index (χ0) is 10.3.